The topological polar surface area (TPSA) is 32.5 Å². The Morgan fingerprint density at radius 1 is 1.13 bits per heavy atom. The summed E-state index contributed by atoms with van der Waals surface area (Å²) in [6.07, 6.45) is 4.15. The van der Waals surface area contributed by atoms with Crippen LogP contribution in [0.4, 0.5) is 0 Å². The van der Waals surface area contributed by atoms with Crippen LogP contribution in [0.15, 0.2) is 0 Å². The predicted octanol–water partition coefficient (Wildman–Crippen LogP) is 1.14. The minimum Gasteiger partial charge on any atom is -0.329 e. The van der Waals surface area contributed by atoms with Gasteiger partial charge in [-0.25, -0.2) is 0 Å². The second-order valence-corrected chi connectivity index (χ2v) is 4.47. The molecule has 15 heavy (non-hydrogen) atoms. The Morgan fingerprint density at radius 3 is 2.20 bits per heavy atom. The minimum absolute atomic E-state index is 0.554. The molecule has 1 aliphatic heterocycles. The summed E-state index contributed by atoms with van der Waals surface area (Å²) in [6.45, 7) is 11.2. The fourth-order valence-electron chi connectivity index (χ4n) is 2.52. The molecule has 3 nitrogen and oxygen atoms in total. The van der Waals surface area contributed by atoms with Crippen LogP contribution in [0.1, 0.15) is 33.1 Å². The van der Waals surface area contributed by atoms with E-state index >= 15 is 0 Å². The lowest BCUT2D eigenvalue weighted by molar-refractivity contribution is 0.137. The minimum atomic E-state index is 0.554. The zero-order chi connectivity index (χ0) is 11.1. The van der Waals surface area contributed by atoms with Gasteiger partial charge in [-0.15, -0.1) is 0 Å². The third-order valence-electron chi connectivity index (χ3n) is 3.52. The van der Waals surface area contributed by atoms with Gasteiger partial charge in [0.25, 0.3) is 0 Å². The second kappa shape index (κ2) is 7.20. The largest absolute Gasteiger partial charge is 0.329 e. The third kappa shape index (κ3) is 4.09. The molecule has 1 rings (SSSR count). The highest BCUT2D eigenvalue weighted by Crippen LogP contribution is 2.10. The van der Waals surface area contributed by atoms with Gasteiger partial charge in [0.15, 0.2) is 0 Å². The number of nitrogens with zero attached hydrogens (tertiary/aromatic N) is 2. The first-order valence-corrected chi connectivity index (χ1v) is 6.48. The fraction of sp³-hybridized carbons (Fsp3) is 1.00. The number of nitrogens with two attached hydrogens (primary N) is 1. The van der Waals surface area contributed by atoms with Crippen molar-refractivity contribution >= 4 is 0 Å². The van der Waals surface area contributed by atoms with Crippen molar-refractivity contribution in [3.8, 4) is 0 Å². The van der Waals surface area contributed by atoms with E-state index in [1.54, 1.807) is 0 Å². The van der Waals surface area contributed by atoms with Gasteiger partial charge >= 0.3 is 0 Å². The Kier molecular flexibility index (Phi) is 6.22. The molecular weight excluding hydrogens is 186 g/mol. The quantitative estimate of drug-likeness (QED) is 0.718. The van der Waals surface area contributed by atoms with Crippen LogP contribution in [0, 0.1) is 0 Å². The summed E-state index contributed by atoms with van der Waals surface area (Å²) in [5, 5.41) is 0. The molecule has 1 saturated heterocycles. The van der Waals surface area contributed by atoms with Crippen molar-refractivity contribution in [3.05, 3.63) is 0 Å². The van der Waals surface area contributed by atoms with Crippen molar-refractivity contribution in [2.24, 2.45) is 5.73 Å². The summed E-state index contributed by atoms with van der Waals surface area (Å²) in [7, 11) is 0. The van der Waals surface area contributed by atoms with E-state index in [1.807, 2.05) is 0 Å². The van der Waals surface area contributed by atoms with E-state index in [9.17, 15) is 0 Å². The molecule has 1 atom stereocenters. The first-order chi connectivity index (χ1) is 7.31. The Hall–Kier alpha value is -0.120. The normalized spacial score (nSPS) is 20.8. The summed E-state index contributed by atoms with van der Waals surface area (Å²) in [5.74, 6) is 0. The maximum Gasteiger partial charge on any atom is 0.0345 e. The molecule has 0 aromatic carbocycles. The number of hydrogen-bond acceptors (Lipinski definition) is 3. The molecule has 0 amide bonds. The molecule has 0 bridgehead atoms. The summed E-state index contributed by atoms with van der Waals surface area (Å²) in [4.78, 5) is 5.06. The van der Waals surface area contributed by atoms with Crippen molar-refractivity contribution in [2.75, 3.05) is 39.3 Å². The third-order valence-corrected chi connectivity index (χ3v) is 3.52. The van der Waals surface area contributed by atoms with E-state index < -0.39 is 0 Å². The van der Waals surface area contributed by atoms with Crippen LogP contribution in [-0.4, -0.2) is 55.1 Å². The highest BCUT2D eigenvalue weighted by molar-refractivity contribution is 4.77. The molecule has 0 spiro atoms. The van der Waals surface area contributed by atoms with Gasteiger partial charge in [-0.2, -0.15) is 0 Å². The average Bonchev–Trinajstić information content (AvgIpc) is 2.30. The lowest BCUT2D eigenvalue weighted by Gasteiger charge is -2.35. The average molecular weight is 213 g/mol. The standard InChI is InChI=1S/C12H27N3/c1-3-15(4-2)12(10-13)11-14-8-6-5-7-9-14/h12H,3-11,13H2,1-2H3. The van der Waals surface area contributed by atoms with Crippen LogP contribution < -0.4 is 5.73 Å². The van der Waals surface area contributed by atoms with E-state index in [2.05, 4.69) is 23.6 Å². The van der Waals surface area contributed by atoms with Gasteiger partial charge in [0.2, 0.25) is 0 Å². The molecule has 0 aromatic heterocycles. The molecule has 1 heterocycles. The fourth-order valence-corrected chi connectivity index (χ4v) is 2.52. The van der Waals surface area contributed by atoms with Crippen LogP contribution >= 0.6 is 0 Å². The van der Waals surface area contributed by atoms with Gasteiger partial charge in [-0.1, -0.05) is 20.3 Å². The van der Waals surface area contributed by atoms with E-state index in [-0.39, 0.29) is 0 Å². The van der Waals surface area contributed by atoms with Crippen molar-refractivity contribution < 1.29 is 0 Å². The molecule has 2 N–H and O–H groups in total. The van der Waals surface area contributed by atoms with Crippen molar-refractivity contribution in [3.63, 3.8) is 0 Å². The number of rotatable bonds is 6. The Balaban J connectivity index is 2.36. The van der Waals surface area contributed by atoms with E-state index in [0.29, 0.717) is 6.04 Å². The lowest BCUT2D eigenvalue weighted by atomic mass is 10.1. The van der Waals surface area contributed by atoms with Crippen LogP contribution in [0.2, 0.25) is 0 Å². The number of likely N-dealkylation sites (N-methyl/N-ethyl adjacent to an activating group) is 1. The van der Waals surface area contributed by atoms with Crippen molar-refractivity contribution in [1.82, 2.24) is 9.80 Å². The van der Waals surface area contributed by atoms with Crippen LogP contribution in [0.25, 0.3) is 0 Å². The van der Waals surface area contributed by atoms with Gasteiger partial charge in [0.1, 0.15) is 0 Å². The maximum atomic E-state index is 5.87. The predicted molar refractivity (Wildman–Crippen MR) is 66.1 cm³/mol. The highest BCUT2D eigenvalue weighted by atomic mass is 15.2. The molecule has 3 heteroatoms. The van der Waals surface area contributed by atoms with Gasteiger partial charge in [-0.05, 0) is 39.0 Å². The van der Waals surface area contributed by atoms with Crippen LogP contribution in [-0.2, 0) is 0 Å². The van der Waals surface area contributed by atoms with Gasteiger partial charge in [-0.3, -0.25) is 4.90 Å². The Bertz CT molecular complexity index is 151. The van der Waals surface area contributed by atoms with E-state index in [0.717, 1.165) is 26.2 Å². The monoisotopic (exact) mass is 213 g/mol. The molecule has 1 unspecified atom stereocenters. The number of likely N-dealkylation sites (tertiary alicyclic amines) is 1. The van der Waals surface area contributed by atoms with Gasteiger partial charge in [0.05, 0.1) is 0 Å². The SMILES string of the molecule is CCN(CC)C(CN)CN1CCCCC1. The van der Waals surface area contributed by atoms with Crippen molar-refractivity contribution in [2.45, 2.75) is 39.2 Å². The smallest absolute Gasteiger partial charge is 0.0345 e. The zero-order valence-electron chi connectivity index (χ0n) is 10.4. The molecule has 1 fully saturated rings. The number of hydrogen-bond donors (Lipinski definition) is 1. The van der Waals surface area contributed by atoms with Gasteiger partial charge in [0, 0.05) is 19.1 Å². The first kappa shape index (κ1) is 12.9. The zero-order valence-corrected chi connectivity index (χ0v) is 10.4. The van der Waals surface area contributed by atoms with E-state index in [1.165, 1.54) is 32.4 Å². The molecule has 90 valence electrons. The molecule has 0 aliphatic carbocycles. The van der Waals surface area contributed by atoms with Crippen LogP contribution in [0.5, 0.6) is 0 Å². The summed E-state index contributed by atoms with van der Waals surface area (Å²) >= 11 is 0. The second-order valence-electron chi connectivity index (χ2n) is 4.47. The Labute approximate surface area is 94.6 Å². The molecule has 1 aliphatic rings. The van der Waals surface area contributed by atoms with Crippen molar-refractivity contribution in [1.29, 1.82) is 0 Å². The first-order valence-electron chi connectivity index (χ1n) is 6.48. The molecule has 0 aromatic rings. The van der Waals surface area contributed by atoms with E-state index in [4.69, 9.17) is 5.73 Å². The van der Waals surface area contributed by atoms with Crippen LogP contribution in [0.3, 0.4) is 0 Å². The summed E-state index contributed by atoms with van der Waals surface area (Å²) in [6, 6.07) is 0.554. The molecular formula is C12H27N3. The Morgan fingerprint density at radius 2 is 1.73 bits per heavy atom. The number of piperidine rings is 1. The summed E-state index contributed by atoms with van der Waals surface area (Å²) in [5.41, 5.74) is 5.87. The van der Waals surface area contributed by atoms with Gasteiger partial charge < -0.3 is 10.6 Å². The lowest BCUT2D eigenvalue weighted by Crippen LogP contribution is -2.49. The molecule has 0 saturated carbocycles. The highest BCUT2D eigenvalue weighted by Gasteiger charge is 2.18. The molecule has 0 radical (unpaired) electrons. The maximum absolute atomic E-state index is 5.87. The summed E-state index contributed by atoms with van der Waals surface area (Å²) < 4.78 is 0.